The lowest BCUT2D eigenvalue weighted by Crippen LogP contribution is -2.53. The van der Waals surface area contributed by atoms with Crippen molar-refractivity contribution in [1.82, 2.24) is 4.90 Å². The highest BCUT2D eigenvalue weighted by Crippen LogP contribution is 2.40. The number of likely N-dealkylation sites (tertiary alicyclic amines) is 1. The van der Waals surface area contributed by atoms with Crippen LogP contribution in [0.5, 0.6) is 17.2 Å². The van der Waals surface area contributed by atoms with Crippen molar-refractivity contribution < 1.29 is 23.8 Å². The van der Waals surface area contributed by atoms with E-state index in [-0.39, 0.29) is 23.7 Å². The van der Waals surface area contributed by atoms with Gasteiger partial charge in [-0.05, 0) is 41.8 Å². The van der Waals surface area contributed by atoms with Gasteiger partial charge >= 0.3 is 0 Å². The Morgan fingerprint density at radius 3 is 2.55 bits per heavy atom. The molecule has 1 fully saturated rings. The van der Waals surface area contributed by atoms with Crippen molar-refractivity contribution in [3.8, 4) is 17.2 Å². The first-order valence-electron chi connectivity index (χ1n) is 11.2. The minimum absolute atomic E-state index is 0.0380. The minimum Gasteiger partial charge on any atom is -0.497 e. The summed E-state index contributed by atoms with van der Waals surface area (Å²) >= 11 is 6.03. The molecule has 2 heterocycles. The summed E-state index contributed by atoms with van der Waals surface area (Å²) < 4.78 is 17.5. The highest BCUT2D eigenvalue weighted by molar-refractivity contribution is 6.31. The number of benzene rings is 2. The second kappa shape index (κ2) is 8.90. The third-order valence-electron chi connectivity index (χ3n) is 6.42. The van der Waals surface area contributed by atoms with Gasteiger partial charge in [-0.15, -0.1) is 0 Å². The predicted molar refractivity (Wildman–Crippen MR) is 127 cm³/mol. The van der Waals surface area contributed by atoms with Crippen molar-refractivity contribution in [3.63, 3.8) is 0 Å². The molecule has 0 atom stereocenters. The summed E-state index contributed by atoms with van der Waals surface area (Å²) in [6.07, 6.45) is 1.50. The molecule has 6 nitrogen and oxygen atoms in total. The number of methoxy groups -OCH3 is 1. The molecule has 0 unspecified atom stereocenters. The van der Waals surface area contributed by atoms with Gasteiger partial charge in [0.15, 0.2) is 12.4 Å². The van der Waals surface area contributed by atoms with Gasteiger partial charge in [0.1, 0.15) is 22.8 Å². The van der Waals surface area contributed by atoms with Gasteiger partial charge in [-0.25, -0.2) is 0 Å². The Hall–Kier alpha value is -2.73. The van der Waals surface area contributed by atoms with Crippen LogP contribution in [0.2, 0.25) is 5.02 Å². The van der Waals surface area contributed by atoms with Crippen molar-refractivity contribution in [3.05, 3.63) is 52.5 Å². The molecule has 2 aromatic carbocycles. The molecular formula is C26H30ClNO5. The van der Waals surface area contributed by atoms with E-state index in [1.807, 2.05) is 18.2 Å². The predicted octanol–water partition coefficient (Wildman–Crippen LogP) is 5.05. The van der Waals surface area contributed by atoms with Gasteiger partial charge in [-0.1, -0.05) is 32.4 Å². The van der Waals surface area contributed by atoms with E-state index in [1.165, 1.54) is 0 Å². The maximum absolute atomic E-state index is 12.9. The van der Waals surface area contributed by atoms with Crippen LogP contribution >= 0.6 is 11.6 Å². The standard InChI is InChI=1S/C26H30ClNO5/c1-25(2,3)20-14-18(31-4)6-8-23(20)32-16-24(30)28-11-9-26(10-12-28)15-21(29)19-13-17(27)5-7-22(19)33-26/h5-8,13-14H,9-12,15-16H2,1-4H3. The summed E-state index contributed by atoms with van der Waals surface area (Å²) in [5.74, 6) is 1.98. The molecule has 7 heteroatoms. The number of ether oxygens (including phenoxy) is 3. The van der Waals surface area contributed by atoms with Crippen LogP contribution in [0, 0.1) is 0 Å². The van der Waals surface area contributed by atoms with E-state index in [1.54, 1.807) is 30.2 Å². The molecule has 0 saturated carbocycles. The molecule has 0 aromatic heterocycles. The molecule has 1 spiro atoms. The molecule has 176 valence electrons. The highest BCUT2D eigenvalue weighted by Gasteiger charge is 2.43. The van der Waals surface area contributed by atoms with E-state index < -0.39 is 5.60 Å². The van der Waals surface area contributed by atoms with Crippen molar-refractivity contribution in [2.24, 2.45) is 0 Å². The van der Waals surface area contributed by atoms with Crippen LogP contribution in [-0.2, 0) is 10.2 Å². The van der Waals surface area contributed by atoms with Gasteiger partial charge in [0.25, 0.3) is 5.91 Å². The summed E-state index contributed by atoms with van der Waals surface area (Å²) in [7, 11) is 1.63. The third-order valence-corrected chi connectivity index (χ3v) is 6.66. The first-order chi connectivity index (χ1) is 15.6. The second-order valence-corrected chi connectivity index (χ2v) is 10.2. The number of amides is 1. The fourth-order valence-corrected chi connectivity index (χ4v) is 4.66. The molecule has 2 aliphatic rings. The quantitative estimate of drug-likeness (QED) is 0.624. The van der Waals surface area contributed by atoms with Crippen LogP contribution in [0.3, 0.4) is 0 Å². The maximum Gasteiger partial charge on any atom is 0.260 e. The average Bonchev–Trinajstić information content (AvgIpc) is 2.78. The summed E-state index contributed by atoms with van der Waals surface area (Å²) in [6.45, 7) is 7.29. The number of halogens is 1. The maximum atomic E-state index is 12.9. The van der Waals surface area contributed by atoms with E-state index in [2.05, 4.69) is 20.8 Å². The van der Waals surface area contributed by atoms with Crippen molar-refractivity contribution in [1.29, 1.82) is 0 Å². The minimum atomic E-state index is -0.565. The molecule has 0 N–H and O–H groups in total. The van der Waals surface area contributed by atoms with Crippen molar-refractivity contribution in [2.75, 3.05) is 26.8 Å². The summed E-state index contributed by atoms with van der Waals surface area (Å²) in [6, 6.07) is 10.8. The number of Topliss-reactive ketones (excluding diaryl/α,β-unsaturated/α-hetero) is 1. The SMILES string of the molecule is COc1ccc(OCC(=O)N2CCC3(CC2)CC(=O)c2cc(Cl)ccc2O3)c(C(C)(C)C)c1. The average molecular weight is 472 g/mol. The van der Waals surface area contributed by atoms with E-state index in [4.69, 9.17) is 25.8 Å². The van der Waals surface area contributed by atoms with E-state index in [0.29, 0.717) is 54.4 Å². The van der Waals surface area contributed by atoms with Gasteiger partial charge in [0.05, 0.1) is 19.1 Å². The lowest BCUT2D eigenvalue weighted by molar-refractivity contribution is -0.137. The van der Waals surface area contributed by atoms with Gasteiger partial charge < -0.3 is 19.1 Å². The molecule has 4 rings (SSSR count). The van der Waals surface area contributed by atoms with E-state index in [0.717, 1.165) is 11.3 Å². The lowest BCUT2D eigenvalue weighted by atomic mass is 9.82. The zero-order valence-electron chi connectivity index (χ0n) is 19.6. The Bertz CT molecular complexity index is 1070. The molecule has 0 radical (unpaired) electrons. The van der Waals surface area contributed by atoms with Gasteiger partial charge in [-0.2, -0.15) is 0 Å². The molecule has 33 heavy (non-hydrogen) atoms. The van der Waals surface area contributed by atoms with Gasteiger partial charge in [-0.3, -0.25) is 9.59 Å². The lowest BCUT2D eigenvalue weighted by Gasteiger charge is -2.44. The fourth-order valence-electron chi connectivity index (χ4n) is 4.49. The summed E-state index contributed by atoms with van der Waals surface area (Å²) in [5.41, 5.74) is 0.801. The molecular weight excluding hydrogens is 442 g/mol. The Kier molecular flexibility index (Phi) is 6.32. The molecule has 1 saturated heterocycles. The Morgan fingerprint density at radius 2 is 1.88 bits per heavy atom. The molecule has 1 amide bonds. The van der Waals surface area contributed by atoms with E-state index >= 15 is 0 Å². The number of rotatable bonds is 4. The van der Waals surface area contributed by atoms with Crippen LogP contribution in [0.4, 0.5) is 0 Å². The third kappa shape index (κ3) is 4.96. The zero-order valence-corrected chi connectivity index (χ0v) is 20.3. The summed E-state index contributed by atoms with van der Waals surface area (Å²) in [4.78, 5) is 27.4. The first kappa shape index (κ1) is 23.4. The van der Waals surface area contributed by atoms with Gasteiger partial charge in [0, 0.05) is 36.5 Å². The molecule has 0 bridgehead atoms. The number of piperidine rings is 1. The first-order valence-corrected chi connectivity index (χ1v) is 11.6. The Balaban J connectivity index is 1.38. The normalized spacial score (nSPS) is 17.4. The Morgan fingerprint density at radius 1 is 1.15 bits per heavy atom. The number of fused-ring (bicyclic) bond motifs is 1. The van der Waals surface area contributed by atoms with Crippen LogP contribution in [0.25, 0.3) is 0 Å². The Labute approximate surface area is 199 Å². The number of hydrogen-bond acceptors (Lipinski definition) is 5. The monoisotopic (exact) mass is 471 g/mol. The number of nitrogens with zero attached hydrogens (tertiary/aromatic N) is 1. The summed E-state index contributed by atoms with van der Waals surface area (Å²) in [5, 5.41) is 0.522. The van der Waals surface area contributed by atoms with Crippen molar-refractivity contribution in [2.45, 2.75) is 51.0 Å². The van der Waals surface area contributed by atoms with E-state index in [9.17, 15) is 9.59 Å². The van der Waals surface area contributed by atoms with Crippen LogP contribution in [0.1, 0.15) is 56.0 Å². The molecule has 0 aliphatic carbocycles. The fraction of sp³-hybridized carbons (Fsp3) is 0.462. The van der Waals surface area contributed by atoms with Crippen LogP contribution < -0.4 is 14.2 Å². The van der Waals surface area contributed by atoms with Crippen LogP contribution in [0.15, 0.2) is 36.4 Å². The molecule has 2 aliphatic heterocycles. The number of hydrogen-bond donors (Lipinski definition) is 0. The second-order valence-electron chi connectivity index (χ2n) is 9.81. The smallest absolute Gasteiger partial charge is 0.260 e. The van der Waals surface area contributed by atoms with Gasteiger partial charge in [0.2, 0.25) is 0 Å². The topological polar surface area (TPSA) is 65.1 Å². The number of carbonyl (C=O) groups excluding carboxylic acids is 2. The largest absolute Gasteiger partial charge is 0.497 e. The van der Waals surface area contributed by atoms with Crippen LogP contribution in [-0.4, -0.2) is 49.0 Å². The number of carbonyl (C=O) groups is 2. The van der Waals surface area contributed by atoms with Crippen molar-refractivity contribution >= 4 is 23.3 Å². The highest BCUT2D eigenvalue weighted by atomic mass is 35.5. The zero-order chi connectivity index (χ0) is 23.8. The number of ketones is 1. The molecule has 2 aromatic rings.